The molecule has 1 atom stereocenters. The fourth-order valence-electron chi connectivity index (χ4n) is 2.94. The lowest BCUT2D eigenvalue weighted by Crippen LogP contribution is -2.51. The number of rotatable bonds is 4. The minimum atomic E-state index is -0.484. The Morgan fingerprint density at radius 2 is 2.16 bits per heavy atom. The maximum absolute atomic E-state index is 10.4. The van der Waals surface area contributed by atoms with Crippen LogP contribution in [0.1, 0.15) is 25.1 Å². The molecule has 1 aromatic heterocycles. The van der Waals surface area contributed by atoms with Crippen LogP contribution in [0, 0.1) is 0 Å². The zero-order chi connectivity index (χ0) is 13.5. The summed E-state index contributed by atoms with van der Waals surface area (Å²) in [5.74, 6) is 0.914. The van der Waals surface area contributed by atoms with Crippen molar-refractivity contribution in [2.45, 2.75) is 37.4 Å². The second-order valence-corrected chi connectivity index (χ2v) is 5.42. The maximum atomic E-state index is 10.4. The molecule has 1 saturated carbocycles. The molecule has 1 heterocycles. The number of aromatic nitrogens is 2. The Morgan fingerprint density at radius 1 is 1.42 bits per heavy atom. The van der Waals surface area contributed by atoms with Crippen LogP contribution in [0.25, 0.3) is 11.0 Å². The van der Waals surface area contributed by atoms with Crippen molar-refractivity contribution in [3.63, 3.8) is 0 Å². The molecule has 0 bridgehead atoms. The molecule has 19 heavy (non-hydrogen) atoms. The number of hydrogen-bond acceptors (Lipinski definition) is 3. The number of hydrogen-bond donors (Lipinski definition) is 1. The van der Waals surface area contributed by atoms with Gasteiger partial charge in [-0.2, -0.15) is 0 Å². The molecule has 0 amide bonds. The third-order valence-corrected chi connectivity index (χ3v) is 4.47. The van der Waals surface area contributed by atoms with Gasteiger partial charge in [-0.1, -0.05) is 12.1 Å². The molecule has 4 nitrogen and oxygen atoms in total. The highest BCUT2D eigenvalue weighted by Gasteiger charge is 2.44. The number of aliphatic hydroxyl groups is 1. The molecule has 0 aliphatic heterocycles. The summed E-state index contributed by atoms with van der Waals surface area (Å²) in [5, 5.41) is 10.4. The number of fused-ring (bicyclic) bond motifs is 1. The number of para-hydroxylation sites is 2. The molecule has 1 unspecified atom stereocenters. The average Bonchev–Trinajstić information content (AvgIpc) is 2.66. The Balaban J connectivity index is 1.87. The first-order valence-corrected chi connectivity index (χ1v) is 6.80. The highest BCUT2D eigenvalue weighted by Crippen LogP contribution is 2.39. The molecule has 1 N–H and O–H groups in total. The molecule has 1 fully saturated rings. The van der Waals surface area contributed by atoms with E-state index in [9.17, 15) is 5.11 Å². The fourth-order valence-corrected chi connectivity index (χ4v) is 2.94. The number of nitrogens with zero attached hydrogens (tertiary/aromatic N) is 2. The van der Waals surface area contributed by atoms with Gasteiger partial charge in [0.05, 0.1) is 22.7 Å². The number of ether oxygens (including phenoxy) is 1. The lowest BCUT2D eigenvalue weighted by Gasteiger charge is -2.44. The van der Waals surface area contributed by atoms with E-state index in [2.05, 4.69) is 9.55 Å². The number of benzene rings is 1. The summed E-state index contributed by atoms with van der Waals surface area (Å²) in [7, 11) is 3.69. The van der Waals surface area contributed by atoms with Gasteiger partial charge in [0, 0.05) is 20.6 Å². The van der Waals surface area contributed by atoms with Crippen molar-refractivity contribution >= 4 is 11.0 Å². The van der Waals surface area contributed by atoms with E-state index in [1.165, 1.54) is 0 Å². The summed E-state index contributed by atoms with van der Waals surface area (Å²) in [6, 6.07) is 8.04. The van der Waals surface area contributed by atoms with Crippen molar-refractivity contribution in [1.82, 2.24) is 9.55 Å². The molecule has 1 aliphatic carbocycles. The van der Waals surface area contributed by atoms with E-state index < -0.39 is 6.10 Å². The van der Waals surface area contributed by atoms with Crippen LogP contribution in [0.5, 0.6) is 0 Å². The van der Waals surface area contributed by atoms with Gasteiger partial charge in [0.1, 0.15) is 5.82 Å². The standard InChI is InChI=1S/C15H20N2O2/c1-17-12-7-4-3-6-11(12)16-14(17)10-13(18)15(19-2)8-5-9-15/h3-4,6-7,13,18H,5,8-10H2,1-2H3. The molecule has 0 radical (unpaired) electrons. The van der Waals surface area contributed by atoms with Crippen molar-refractivity contribution < 1.29 is 9.84 Å². The predicted octanol–water partition coefficient (Wildman–Crippen LogP) is 2.05. The summed E-state index contributed by atoms with van der Waals surface area (Å²) in [5.41, 5.74) is 1.73. The van der Waals surface area contributed by atoms with Crippen LogP contribution in [-0.2, 0) is 18.2 Å². The average molecular weight is 260 g/mol. The quantitative estimate of drug-likeness (QED) is 0.915. The van der Waals surface area contributed by atoms with Gasteiger partial charge in [-0.25, -0.2) is 4.98 Å². The second-order valence-electron chi connectivity index (χ2n) is 5.42. The molecule has 1 aliphatic rings. The topological polar surface area (TPSA) is 47.3 Å². The Kier molecular flexibility index (Phi) is 3.07. The van der Waals surface area contributed by atoms with Crippen LogP contribution in [0.15, 0.2) is 24.3 Å². The van der Waals surface area contributed by atoms with E-state index in [1.54, 1.807) is 7.11 Å². The van der Waals surface area contributed by atoms with Gasteiger partial charge in [-0.05, 0) is 31.4 Å². The zero-order valence-electron chi connectivity index (χ0n) is 11.5. The van der Waals surface area contributed by atoms with Crippen molar-refractivity contribution in [2.75, 3.05) is 7.11 Å². The van der Waals surface area contributed by atoms with Crippen LogP contribution >= 0.6 is 0 Å². The van der Waals surface area contributed by atoms with Crippen molar-refractivity contribution in [3.8, 4) is 0 Å². The normalized spacial score (nSPS) is 19.3. The van der Waals surface area contributed by atoms with Crippen LogP contribution in [0.3, 0.4) is 0 Å². The fraction of sp³-hybridized carbons (Fsp3) is 0.533. The van der Waals surface area contributed by atoms with Crippen molar-refractivity contribution in [2.24, 2.45) is 7.05 Å². The molecule has 4 heteroatoms. The first kappa shape index (κ1) is 12.6. The monoisotopic (exact) mass is 260 g/mol. The smallest absolute Gasteiger partial charge is 0.112 e. The number of aliphatic hydroxyl groups excluding tert-OH is 1. The zero-order valence-corrected chi connectivity index (χ0v) is 11.5. The van der Waals surface area contributed by atoms with Gasteiger partial charge >= 0.3 is 0 Å². The summed E-state index contributed by atoms with van der Waals surface area (Å²) in [4.78, 5) is 4.61. The highest BCUT2D eigenvalue weighted by atomic mass is 16.5. The predicted molar refractivity (Wildman–Crippen MR) is 74.0 cm³/mol. The maximum Gasteiger partial charge on any atom is 0.112 e. The van der Waals surface area contributed by atoms with Gasteiger partial charge in [0.15, 0.2) is 0 Å². The van der Waals surface area contributed by atoms with Gasteiger partial charge in [-0.15, -0.1) is 0 Å². The van der Waals surface area contributed by atoms with Crippen molar-refractivity contribution in [1.29, 1.82) is 0 Å². The van der Waals surface area contributed by atoms with Gasteiger partial charge in [0.25, 0.3) is 0 Å². The first-order valence-electron chi connectivity index (χ1n) is 6.80. The minimum absolute atomic E-state index is 0.349. The lowest BCUT2D eigenvalue weighted by molar-refractivity contribution is -0.149. The summed E-state index contributed by atoms with van der Waals surface area (Å²) in [6.07, 6.45) is 3.07. The third kappa shape index (κ3) is 1.95. The summed E-state index contributed by atoms with van der Waals surface area (Å²) in [6.45, 7) is 0. The molecule has 0 saturated heterocycles. The largest absolute Gasteiger partial charge is 0.390 e. The van der Waals surface area contributed by atoms with E-state index in [-0.39, 0.29) is 5.60 Å². The number of imidazole rings is 1. The lowest BCUT2D eigenvalue weighted by atomic mass is 9.74. The summed E-state index contributed by atoms with van der Waals surface area (Å²) < 4.78 is 7.59. The van der Waals surface area contributed by atoms with Crippen molar-refractivity contribution in [3.05, 3.63) is 30.1 Å². The molecule has 2 aromatic rings. The number of methoxy groups -OCH3 is 1. The summed E-state index contributed by atoms with van der Waals surface area (Å²) >= 11 is 0. The minimum Gasteiger partial charge on any atom is -0.390 e. The number of aryl methyl sites for hydroxylation is 1. The molecule has 0 spiro atoms. The Bertz CT molecular complexity index is 581. The van der Waals surface area contributed by atoms with Crippen LogP contribution in [0.2, 0.25) is 0 Å². The Hall–Kier alpha value is -1.39. The second kappa shape index (κ2) is 4.62. The Morgan fingerprint density at radius 3 is 2.74 bits per heavy atom. The van der Waals surface area contributed by atoms with Crippen LogP contribution < -0.4 is 0 Å². The highest BCUT2D eigenvalue weighted by molar-refractivity contribution is 5.75. The third-order valence-electron chi connectivity index (χ3n) is 4.47. The molecule has 102 valence electrons. The molecular weight excluding hydrogens is 240 g/mol. The first-order chi connectivity index (χ1) is 9.16. The van der Waals surface area contributed by atoms with Crippen LogP contribution in [0.4, 0.5) is 0 Å². The molecule has 3 rings (SSSR count). The molecular formula is C15H20N2O2. The van der Waals surface area contributed by atoms with E-state index in [0.29, 0.717) is 6.42 Å². The van der Waals surface area contributed by atoms with Gasteiger partial charge in [0.2, 0.25) is 0 Å². The van der Waals surface area contributed by atoms with E-state index in [4.69, 9.17) is 4.74 Å². The van der Waals surface area contributed by atoms with E-state index in [1.807, 2.05) is 31.3 Å². The van der Waals surface area contributed by atoms with E-state index >= 15 is 0 Å². The van der Waals surface area contributed by atoms with Gasteiger partial charge < -0.3 is 14.4 Å². The SMILES string of the molecule is COC1(C(O)Cc2nc3ccccc3n2C)CCC1. The van der Waals surface area contributed by atoms with E-state index in [0.717, 1.165) is 36.1 Å². The Labute approximate surface area is 113 Å². The van der Waals surface area contributed by atoms with Crippen LogP contribution in [-0.4, -0.2) is 33.5 Å². The molecule has 1 aromatic carbocycles. The van der Waals surface area contributed by atoms with Gasteiger partial charge in [-0.3, -0.25) is 0 Å².